The second-order valence-corrected chi connectivity index (χ2v) is 10.6. The number of nitrogens with zero attached hydrogens (tertiary/aromatic N) is 3. The Labute approximate surface area is 211 Å². The topological polar surface area (TPSA) is 92.4 Å². The van der Waals surface area contributed by atoms with Crippen LogP contribution in [0.3, 0.4) is 0 Å². The first kappa shape index (κ1) is 24.6. The van der Waals surface area contributed by atoms with Crippen LogP contribution in [0.15, 0.2) is 45.0 Å². The van der Waals surface area contributed by atoms with E-state index in [1.54, 1.807) is 6.21 Å². The van der Waals surface area contributed by atoms with E-state index in [0.717, 1.165) is 82.6 Å². The molecule has 2 fully saturated rings. The Morgan fingerprint density at radius 1 is 1.00 bits per heavy atom. The molecule has 7 heteroatoms. The highest BCUT2D eigenvalue weighted by molar-refractivity contribution is 5.84. The summed E-state index contributed by atoms with van der Waals surface area (Å²) in [6.07, 6.45) is 14.9. The molecule has 2 aliphatic carbocycles. The number of hydrogen-bond donors (Lipinski definition) is 2. The fraction of sp³-hybridized carbons (Fsp3) is 0.552. The van der Waals surface area contributed by atoms with Gasteiger partial charge in [0.05, 0.1) is 6.04 Å². The highest BCUT2D eigenvalue weighted by Gasteiger charge is 2.28. The molecule has 5 rings (SSSR count). The molecular formula is C29H38N4O3. The van der Waals surface area contributed by atoms with Gasteiger partial charge in [0, 0.05) is 35.4 Å². The summed E-state index contributed by atoms with van der Waals surface area (Å²) < 4.78 is 2.95. The molecule has 2 heterocycles. The predicted molar refractivity (Wildman–Crippen MR) is 145 cm³/mol. The zero-order valence-corrected chi connectivity index (χ0v) is 21.3. The van der Waals surface area contributed by atoms with E-state index in [2.05, 4.69) is 24.0 Å². The van der Waals surface area contributed by atoms with Gasteiger partial charge in [-0.1, -0.05) is 63.6 Å². The smallest absolute Gasteiger partial charge is 0.334 e. The summed E-state index contributed by atoms with van der Waals surface area (Å²) in [7, 11) is 0. The van der Waals surface area contributed by atoms with Gasteiger partial charge in [-0.25, -0.2) is 4.79 Å². The fourth-order valence-corrected chi connectivity index (χ4v) is 6.13. The second-order valence-electron chi connectivity index (χ2n) is 10.6. The van der Waals surface area contributed by atoms with E-state index in [-0.39, 0.29) is 35.3 Å². The first-order chi connectivity index (χ1) is 17.6. The van der Waals surface area contributed by atoms with Crippen molar-refractivity contribution in [1.82, 2.24) is 14.1 Å². The molecule has 1 aromatic carbocycles. The normalized spacial score (nSPS) is 18.8. The van der Waals surface area contributed by atoms with Crippen molar-refractivity contribution in [2.24, 2.45) is 4.99 Å². The van der Waals surface area contributed by atoms with Crippen molar-refractivity contribution >= 4 is 17.1 Å². The molecule has 0 bridgehead atoms. The molecule has 1 atom stereocenters. The average Bonchev–Trinajstić information content (AvgIpc) is 3.32. The number of aromatic hydroxyl groups is 1. The Morgan fingerprint density at radius 2 is 1.64 bits per heavy atom. The monoisotopic (exact) mass is 490 g/mol. The summed E-state index contributed by atoms with van der Waals surface area (Å²) in [5, 5.41) is 12.4. The predicted octanol–water partition coefficient (Wildman–Crippen LogP) is 5.65. The second kappa shape index (κ2) is 10.9. The summed E-state index contributed by atoms with van der Waals surface area (Å²) >= 11 is 0. The largest absolute Gasteiger partial charge is 0.494 e. The van der Waals surface area contributed by atoms with Crippen molar-refractivity contribution in [3.63, 3.8) is 0 Å². The van der Waals surface area contributed by atoms with E-state index < -0.39 is 5.56 Å². The number of nitrogens with one attached hydrogen (secondary N) is 1. The number of para-hydroxylation sites is 1. The first-order valence-electron chi connectivity index (χ1n) is 13.8. The number of hydrogen-bond acceptors (Lipinski definition) is 4. The third kappa shape index (κ3) is 4.80. The van der Waals surface area contributed by atoms with E-state index in [4.69, 9.17) is 4.99 Å². The molecule has 0 radical (unpaired) electrons. The van der Waals surface area contributed by atoms with Crippen molar-refractivity contribution in [2.75, 3.05) is 0 Å². The molecule has 2 aromatic heterocycles. The fourth-order valence-electron chi connectivity index (χ4n) is 6.13. The lowest BCUT2D eigenvalue weighted by Crippen LogP contribution is -2.45. The summed E-state index contributed by atoms with van der Waals surface area (Å²) in [5.41, 5.74) is 1.69. The van der Waals surface area contributed by atoms with Crippen molar-refractivity contribution in [3.05, 3.63) is 62.4 Å². The van der Waals surface area contributed by atoms with Crippen LogP contribution >= 0.6 is 0 Å². The Kier molecular flexibility index (Phi) is 7.44. The van der Waals surface area contributed by atoms with Crippen molar-refractivity contribution in [2.45, 2.75) is 102 Å². The Bertz CT molecular complexity index is 1340. The van der Waals surface area contributed by atoms with E-state index in [1.165, 1.54) is 20.1 Å². The zero-order chi connectivity index (χ0) is 25.1. The summed E-state index contributed by atoms with van der Waals surface area (Å²) in [6.45, 7) is 2.08. The molecule has 2 aliphatic rings. The van der Waals surface area contributed by atoms with Gasteiger partial charge in [0.1, 0.15) is 5.56 Å². The maximum atomic E-state index is 13.6. The van der Waals surface area contributed by atoms with E-state index in [1.807, 2.05) is 18.3 Å². The van der Waals surface area contributed by atoms with Gasteiger partial charge in [0.2, 0.25) is 5.88 Å². The van der Waals surface area contributed by atoms with Crippen molar-refractivity contribution in [3.8, 4) is 5.88 Å². The minimum Gasteiger partial charge on any atom is -0.494 e. The van der Waals surface area contributed by atoms with Crippen LogP contribution < -0.4 is 11.2 Å². The third-order valence-corrected chi connectivity index (χ3v) is 8.23. The SMILES string of the molecule is CCC(Cc1c[nH]c2ccccc12)N=Cc1c(O)n(C2CCCCC2)c(=O)n(C2CCCCC2)c1=O. The van der Waals surface area contributed by atoms with Gasteiger partial charge in [-0.2, -0.15) is 0 Å². The standard InChI is InChI=1S/C29H38N4O3/c1-2-21(17-20-18-31-26-16-10-9-15-24(20)26)30-19-25-27(34)32(22-11-5-3-6-12-22)29(36)33(28(25)35)23-13-7-4-8-14-23/h9-10,15-16,18-19,21-23,31,34H,2-8,11-14,17H2,1H3. The first-order valence-corrected chi connectivity index (χ1v) is 13.8. The van der Waals surface area contributed by atoms with E-state index in [0.29, 0.717) is 0 Å². The molecule has 192 valence electrons. The van der Waals surface area contributed by atoms with Gasteiger partial charge in [0.15, 0.2) is 0 Å². The maximum Gasteiger partial charge on any atom is 0.334 e. The minimum atomic E-state index is -0.401. The van der Waals surface area contributed by atoms with Crippen LogP contribution in [0.5, 0.6) is 5.88 Å². The lowest BCUT2D eigenvalue weighted by Gasteiger charge is -2.29. The quantitative estimate of drug-likeness (QED) is 0.419. The summed E-state index contributed by atoms with van der Waals surface area (Å²) in [5.74, 6) is -0.213. The zero-order valence-electron chi connectivity index (χ0n) is 21.3. The Morgan fingerprint density at radius 3 is 2.31 bits per heavy atom. The van der Waals surface area contributed by atoms with Crippen LogP contribution in [0.1, 0.15) is 101 Å². The summed E-state index contributed by atoms with van der Waals surface area (Å²) in [4.78, 5) is 35.4. The number of H-pyrrole nitrogens is 1. The van der Waals surface area contributed by atoms with Crippen LogP contribution in [-0.2, 0) is 6.42 Å². The number of benzene rings is 1. The highest BCUT2D eigenvalue weighted by Crippen LogP contribution is 2.32. The molecule has 0 aliphatic heterocycles. The molecule has 7 nitrogen and oxygen atoms in total. The van der Waals surface area contributed by atoms with Crippen LogP contribution in [0, 0.1) is 0 Å². The molecule has 2 saturated carbocycles. The molecule has 0 saturated heterocycles. The Balaban J connectivity index is 1.53. The molecule has 1 unspecified atom stereocenters. The highest BCUT2D eigenvalue weighted by atomic mass is 16.3. The average molecular weight is 491 g/mol. The third-order valence-electron chi connectivity index (χ3n) is 8.23. The molecule has 0 amide bonds. The summed E-state index contributed by atoms with van der Waals surface area (Å²) in [6, 6.07) is 8.00. The van der Waals surface area contributed by atoms with E-state index in [9.17, 15) is 14.7 Å². The van der Waals surface area contributed by atoms with Crippen LogP contribution in [0.4, 0.5) is 0 Å². The van der Waals surface area contributed by atoms with Crippen LogP contribution in [0.25, 0.3) is 10.9 Å². The number of aromatic nitrogens is 3. The molecule has 2 N–H and O–H groups in total. The number of fused-ring (bicyclic) bond motifs is 1. The lowest BCUT2D eigenvalue weighted by molar-refractivity contribution is 0.271. The van der Waals surface area contributed by atoms with Gasteiger partial charge < -0.3 is 10.1 Å². The molecule has 3 aromatic rings. The number of aromatic amines is 1. The Hall–Kier alpha value is -3.09. The van der Waals surface area contributed by atoms with Crippen LogP contribution in [0.2, 0.25) is 0 Å². The van der Waals surface area contributed by atoms with Gasteiger partial charge in [-0.15, -0.1) is 0 Å². The number of aliphatic imine (C=N–C) groups is 1. The van der Waals surface area contributed by atoms with Crippen molar-refractivity contribution in [1.29, 1.82) is 0 Å². The molecule has 36 heavy (non-hydrogen) atoms. The van der Waals surface area contributed by atoms with Gasteiger partial charge in [0.25, 0.3) is 5.56 Å². The van der Waals surface area contributed by atoms with Gasteiger partial charge in [-0.3, -0.25) is 18.9 Å². The van der Waals surface area contributed by atoms with Crippen molar-refractivity contribution < 1.29 is 5.11 Å². The van der Waals surface area contributed by atoms with Gasteiger partial charge >= 0.3 is 5.69 Å². The minimum absolute atomic E-state index is 0.0406. The maximum absolute atomic E-state index is 13.6. The molecule has 0 spiro atoms. The number of rotatable bonds is 7. The van der Waals surface area contributed by atoms with Crippen LogP contribution in [-0.4, -0.2) is 31.5 Å². The van der Waals surface area contributed by atoms with E-state index >= 15 is 0 Å². The lowest BCUT2D eigenvalue weighted by atomic mass is 9.94. The molecular weight excluding hydrogens is 452 g/mol. The van der Waals surface area contributed by atoms with Gasteiger partial charge in [-0.05, 0) is 50.2 Å².